The molecule has 0 aromatic carbocycles. The third-order valence-corrected chi connectivity index (χ3v) is 0.183. The smallest absolute Gasteiger partial charge is 0.414 e. The zero-order valence-corrected chi connectivity index (χ0v) is 6.78. The molecule has 0 aliphatic heterocycles. The fourth-order valence-electron chi connectivity index (χ4n) is 0. The van der Waals surface area contributed by atoms with Crippen LogP contribution in [0, 0.1) is 10.1 Å². The summed E-state index contributed by atoms with van der Waals surface area (Å²) in [4.78, 5) is 35.6. The number of hydrogen-bond donors (Lipinski definition) is 4. The van der Waals surface area contributed by atoms with Crippen molar-refractivity contribution in [3.8, 4) is 0 Å². The Morgan fingerprint density at radius 2 is 1.14 bits per heavy atom. The van der Waals surface area contributed by atoms with E-state index in [1.807, 2.05) is 0 Å². The number of nitrogens with zero attached hydrogens (tertiary/aromatic N) is 1. The third-order valence-electron chi connectivity index (χ3n) is 0.183. The van der Waals surface area contributed by atoms with E-state index in [1.54, 1.807) is 0 Å². The van der Waals surface area contributed by atoms with Crippen LogP contribution in [0.1, 0.15) is 6.92 Å². The molecule has 14 heavy (non-hydrogen) atoms. The summed E-state index contributed by atoms with van der Waals surface area (Å²) in [6, 6.07) is 0. The molecule has 0 rings (SSSR count). The molecule has 0 aromatic heterocycles. The fourth-order valence-corrected chi connectivity index (χ4v) is 0. The minimum Gasteiger partial charge on any atom is -0.481 e. The summed E-state index contributed by atoms with van der Waals surface area (Å²) in [5.41, 5.74) is 0. The van der Waals surface area contributed by atoms with Gasteiger partial charge in [-0.3, -0.25) is 4.79 Å². The van der Waals surface area contributed by atoms with Crippen molar-refractivity contribution in [2.45, 2.75) is 6.92 Å². The maximum atomic E-state index is 9.10. The Bertz CT molecular complexity index is 189. The van der Waals surface area contributed by atoms with Crippen molar-refractivity contribution >= 4 is 17.9 Å². The maximum absolute atomic E-state index is 9.10. The van der Waals surface area contributed by atoms with Crippen molar-refractivity contribution in [2.24, 2.45) is 0 Å². The molecule has 0 saturated carbocycles. The quantitative estimate of drug-likeness (QED) is 0.221. The molecule has 0 atom stereocenters. The van der Waals surface area contributed by atoms with Gasteiger partial charge >= 0.3 is 11.9 Å². The first kappa shape index (κ1) is 17.6. The zero-order valence-electron chi connectivity index (χ0n) is 6.78. The van der Waals surface area contributed by atoms with E-state index in [4.69, 9.17) is 45.0 Å². The number of carboxylic acids is 3. The zero-order chi connectivity index (χ0) is 12.3. The van der Waals surface area contributed by atoms with Gasteiger partial charge in [-0.15, -0.1) is 10.1 Å². The highest BCUT2D eigenvalue weighted by Crippen LogP contribution is 1.56. The Morgan fingerprint density at radius 1 is 1.07 bits per heavy atom. The highest BCUT2D eigenvalue weighted by molar-refractivity contribution is 6.27. The predicted molar refractivity (Wildman–Crippen MR) is 37.4 cm³/mol. The minimum absolute atomic E-state index is 0.833. The maximum Gasteiger partial charge on any atom is 0.414 e. The van der Waals surface area contributed by atoms with Crippen molar-refractivity contribution in [2.75, 3.05) is 0 Å². The molecule has 0 heterocycles. The fraction of sp³-hybridized carbons (Fsp3) is 0.250. The van der Waals surface area contributed by atoms with Gasteiger partial charge in [0.1, 0.15) is 0 Å². The molecule has 10 nitrogen and oxygen atoms in total. The van der Waals surface area contributed by atoms with Crippen molar-refractivity contribution in [1.29, 1.82) is 0 Å². The van der Waals surface area contributed by atoms with Crippen LogP contribution in [0.3, 0.4) is 0 Å². The number of hydrogen-bond acceptors (Lipinski definition) is 5. The normalized spacial score (nSPS) is 6.64. The lowest BCUT2D eigenvalue weighted by Gasteiger charge is -1.72. The van der Waals surface area contributed by atoms with E-state index >= 15 is 0 Å². The Labute approximate surface area is 76.1 Å². The first-order chi connectivity index (χ1) is 6.11. The molecule has 0 unspecified atom stereocenters. The molecule has 0 aliphatic carbocycles. The molecule has 0 aromatic rings. The second-order valence-electron chi connectivity index (χ2n) is 1.37. The molecule has 10 heteroatoms. The van der Waals surface area contributed by atoms with E-state index in [1.165, 1.54) is 0 Å². The van der Waals surface area contributed by atoms with Gasteiger partial charge in [0.05, 0.1) is 0 Å². The second-order valence-corrected chi connectivity index (χ2v) is 1.37. The molecule has 0 bridgehead atoms. The highest BCUT2D eigenvalue weighted by atomic mass is 16.9. The molecule has 82 valence electrons. The van der Waals surface area contributed by atoms with Gasteiger partial charge in [-0.05, 0) is 0 Å². The Morgan fingerprint density at radius 3 is 1.14 bits per heavy atom. The minimum atomic E-state index is -1.82. The summed E-state index contributed by atoms with van der Waals surface area (Å²) in [5.74, 6) is -4.48. The number of carbonyl (C=O) groups is 3. The van der Waals surface area contributed by atoms with Gasteiger partial charge in [0.15, 0.2) is 0 Å². The van der Waals surface area contributed by atoms with Crippen LogP contribution < -0.4 is 0 Å². The lowest BCUT2D eigenvalue weighted by Crippen LogP contribution is -2.09. The van der Waals surface area contributed by atoms with Crippen molar-refractivity contribution in [3.05, 3.63) is 10.1 Å². The molecular formula is C4H7NO9. The molecule has 0 amide bonds. The molecule has 0 saturated heterocycles. The van der Waals surface area contributed by atoms with Gasteiger partial charge in [0.2, 0.25) is 0 Å². The molecular weight excluding hydrogens is 206 g/mol. The largest absolute Gasteiger partial charge is 0.481 e. The first-order valence-electron chi connectivity index (χ1n) is 2.60. The van der Waals surface area contributed by atoms with Gasteiger partial charge in [-0.1, -0.05) is 0 Å². The summed E-state index contributed by atoms with van der Waals surface area (Å²) >= 11 is 0. The van der Waals surface area contributed by atoms with Gasteiger partial charge in [-0.2, -0.15) is 0 Å². The molecule has 0 aliphatic rings. The standard InChI is InChI=1S/C2H2O4.C2H4O2.HNO3/c3-1(4)2(5)6;1-2(3)4;2-1(3)4/h(H,3,4)(H,5,6);1H3,(H,3,4);(H,2,3,4). The van der Waals surface area contributed by atoms with Crippen LogP contribution >= 0.6 is 0 Å². The van der Waals surface area contributed by atoms with E-state index < -0.39 is 23.0 Å². The van der Waals surface area contributed by atoms with E-state index in [2.05, 4.69) is 0 Å². The van der Waals surface area contributed by atoms with Crippen molar-refractivity contribution in [1.82, 2.24) is 0 Å². The number of aliphatic carboxylic acids is 3. The molecule has 4 N–H and O–H groups in total. The van der Waals surface area contributed by atoms with E-state index in [-0.39, 0.29) is 0 Å². The Balaban J connectivity index is -0.000000135. The van der Waals surface area contributed by atoms with Gasteiger partial charge in [0.25, 0.3) is 11.1 Å². The lowest BCUT2D eigenvalue weighted by molar-refractivity contribution is -0.742. The number of rotatable bonds is 0. The summed E-state index contributed by atoms with van der Waals surface area (Å²) < 4.78 is 0. The highest BCUT2D eigenvalue weighted by Gasteiger charge is 2.04. The van der Waals surface area contributed by atoms with Crippen molar-refractivity contribution < 1.29 is 40.0 Å². The molecule has 0 spiro atoms. The monoisotopic (exact) mass is 213 g/mol. The second kappa shape index (κ2) is 10.6. The lowest BCUT2D eigenvalue weighted by atomic mass is 10.7. The Kier molecular flexibility index (Phi) is 13.4. The summed E-state index contributed by atoms with van der Waals surface area (Å²) in [6.07, 6.45) is 0. The van der Waals surface area contributed by atoms with Gasteiger partial charge in [-0.25, -0.2) is 9.59 Å². The van der Waals surface area contributed by atoms with Crippen molar-refractivity contribution in [3.63, 3.8) is 0 Å². The first-order valence-corrected chi connectivity index (χ1v) is 2.60. The predicted octanol–water partition coefficient (Wildman–Crippen LogP) is -1.10. The molecule has 0 fully saturated rings. The third kappa shape index (κ3) is 275. The van der Waals surface area contributed by atoms with E-state index in [0.29, 0.717) is 0 Å². The van der Waals surface area contributed by atoms with Crippen LogP contribution in [-0.4, -0.2) is 43.5 Å². The van der Waals surface area contributed by atoms with Gasteiger partial charge < -0.3 is 20.5 Å². The average molecular weight is 213 g/mol. The molecule has 0 radical (unpaired) electrons. The summed E-state index contributed by atoms with van der Waals surface area (Å²) in [7, 11) is 0. The summed E-state index contributed by atoms with van der Waals surface area (Å²) in [6.45, 7) is 1.08. The van der Waals surface area contributed by atoms with Crippen LogP contribution in [0.25, 0.3) is 0 Å². The SMILES string of the molecule is CC(=O)O.O=C(O)C(=O)O.O=[N+]([O-])O. The van der Waals surface area contributed by atoms with Crippen LogP contribution in [0.15, 0.2) is 0 Å². The number of carboxylic acid groups (broad SMARTS) is 3. The van der Waals surface area contributed by atoms with E-state index in [9.17, 15) is 0 Å². The van der Waals surface area contributed by atoms with Crippen LogP contribution in [0.5, 0.6) is 0 Å². The topological polar surface area (TPSA) is 175 Å². The van der Waals surface area contributed by atoms with E-state index in [0.717, 1.165) is 6.92 Å². The van der Waals surface area contributed by atoms with Crippen LogP contribution in [0.2, 0.25) is 0 Å². The van der Waals surface area contributed by atoms with Crippen LogP contribution in [0.4, 0.5) is 0 Å². The average Bonchev–Trinajstić information content (AvgIpc) is 1.83. The Hall–Kier alpha value is -2.39. The van der Waals surface area contributed by atoms with Gasteiger partial charge in [0, 0.05) is 6.92 Å². The summed E-state index contributed by atoms with van der Waals surface area (Å²) in [5, 5.41) is 35.8. The van der Waals surface area contributed by atoms with Crippen LogP contribution in [-0.2, 0) is 14.4 Å².